The minimum atomic E-state index is -0.206. The molecule has 0 spiro atoms. The Hall–Kier alpha value is -0.180. The number of halogens is 1. The van der Waals surface area contributed by atoms with E-state index >= 15 is 0 Å². The van der Waals surface area contributed by atoms with Crippen LogP contribution in [0.5, 0.6) is 0 Å². The molecule has 29 heavy (non-hydrogen) atoms. The van der Waals surface area contributed by atoms with E-state index in [1.165, 1.54) is 64.2 Å². The van der Waals surface area contributed by atoms with Crippen LogP contribution in [-0.4, -0.2) is 16.4 Å². The molecule has 0 aromatic rings. The smallest absolute Gasteiger partial charge is 0.151 e. The number of ketones is 2. The molecule has 0 aromatic carbocycles. The summed E-state index contributed by atoms with van der Waals surface area (Å²) in [5.41, 5.74) is -0.336. The second-order valence-corrected chi connectivity index (χ2v) is 12.6. The van der Waals surface area contributed by atoms with Gasteiger partial charge in [-0.1, -0.05) is 122 Å². The minimum Gasteiger partial charge on any atom is -0.299 e. The zero-order valence-electron chi connectivity index (χ0n) is 20.1. The van der Waals surface area contributed by atoms with Crippen molar-refractivity contribution in [3.63, 3.8) is 0 Å². The Morgan fingerprint density at radius 2 is 1.21 bits per heavy atom. The highest BCUT2D eigenvalue weighted by atomic mass is 79.9. The van der Waals surface area contributed by atoms with Crippen molar-refractivity contribution in [3.8, 4) is 0 Å². The largest absolute Gasteiger partial charge is 0.299 e. The molecule has 0 amide bonds. The van der Waals surface area contributed by atoms with Gasteiger partial charge < -0.3 is 0 Å². The summed E-state index contributed by atoms with van der Waals surface area (Å²) in [5.74, 6) is 2.40. The van der Waals surface area contributed by atoms with Crippen LogP contribution in [0.3, 0.4) is 0 Å². The van der Waals surface area contributed by atoms with Crippen LogP contribution in [0.2, 0.25) is 0 Å². The normalized spacial score (nSPS) is 20.5. The highest BCUT2D eigenvalue weighted by Crippen LogP contribution is 2.32. The van der Waals surface area contributed by atoms with Gasteiger partial charge in [0.25, 0.3) is 0 Å². The van der Waals surface area contributed by atoms with Crippen molar-refractivity contribution in [1.29, 1.82) is 0 Å². The molecule has 0 N–H and O–H groups in total. The maximum absolute atomic E-state index is 12.0. The average molecular weight is 472 g/mol. The van der Waals surface area contributed by atoms with E-state index in [4.69, 9.17) is 0 Å². The Balaban J connectivity index is 0.000000291. The lowest BCUT2D eigenvalue weighted by Gasteiger charge is -2.26. The summed E-state index contributed by atoms with van der Waals surface area (Å²) < 4.78 is 0. The number of rotatable bonds is 6. The van der Waals surface area contributed by atoms with E-state index < -0.39 is 0 Å². The van der Waals surface area contributed by atoms with Crippen molar-refractivity contribution < 1.29 is 9.59 Å². The fourth-order valence-electron chi connectivity index (χ4n) is 4.48. The fraction of sp³-hybridized carbons (Fsp3) is 0.923. The maximum atomic E-state index is 12.0. The van der Waals surface area contributed by atoms with E-state index in [0.29, 0.717) is 11.6 Å². The van der Waals surface area contributed by atoms with Crippen molar-refractivity contribution in [2.24, 2.45) is 22.7 Å². The van der Waals surface area contributed by atoms with Crippen molar-refractivity contribution in [2.45, 2.75) is 130 Å². The highest BCUT2D eigenvalue weighted by Gasteiger charge is 2.30. The van der Waals surface area contributed by atoms with Crippen LogP contribution < -0.4 is 0 Å². The van der Waals surface area contributed by atoms with Gasteiger partial charge in [-0.25, -0.2) is 0 Å². The first-order valence-electron chi connectivity index (χ1n) is 12.1. The first-order chi connectivity index (χ1) is 13.4. The second kappa shape index (κ2) is 12.6. The zero-order valence-corrected chi connectivity index (χ0v) is 21.7. The highest BCUT2D eigenvalue weighted by molar-refractivity contribution is 9.10. The standard InChI is InChI=1S/C13H23BrO.C13H24O/c1-13(2,3)12(15)11(14)9-10-7-5-4-6-8-10;1-13(2,3)12(14)10-9-11-7-5-4-6-8-11/h10-11H,4-9H2,1-3H3;11H,4-10H2,1-3H3. The average Bonchev–Trinajstić information content (AvgIpc) is 2.66. The van der Waals surface area contributed by atoms with E-state index in [1.54, 1.807) is 0 Å². The maximum Gasteiger partial charge on any atom is 0.151 e. The van der Waals surface area contributed by atoms with E-state index in [1.807, 2.05) is 41.5 Å². The molecule has 0 bridgehead atoms. The molecule has 0 heterocycles. The van der Waals surface area contributed by atoms with Crippen LogP contribution in [-0.2, 0) is 9.59 Å². The molecule has 170 valence electrons. The molecule has 0 radical (unpaired) electrons. The summed E-state index contributed by atoms with van der Waals surface area (Å²) in [6.45, 7) is 12.1. The van der Waals surface area contributed by atoms with Gasteiger partial charge in [0.1, 0.15) is 5.78 Å². The molecule has 1 unspecified atom stereocenters. The Kier molecular flexibility index (Phi) is 11.7. The van der Waals surface area contributed by atoms with Crippen LogP contribution >= 0.6 is 15.9 Å². The Bertz CT molecular complexity index is 486. The predicted molar refractivity (Wildman–Crippen MR) is 129 cm³/mol. The Labute approximate surface area is 189 Å². The van der Waals surface area contributed by atoms with Gasteiger partial charge in [0.05, 0.1) is 4.83 Å². The number of carbonyl (C=O) groups excluding carboxylic acids is 2. The molecule has 1 atom stereocenters. The third kappa shape index (κ3) is 11.1. The summed E-state index contributed by atoms with van der Waals surface area (Å²) >= 11 is 3.57. The quantitative estimate of drug-likeness (QED) is 0.365. The predicted octanol–water partition coefficient (Wildman–Crippen LogP) is 8.30. The van der Waals surface area contributed by atoms with Crippen LogP contribution in [0.25, 0.3) is 0 Å². The lowest BCUT2D eigenvalue weighted by atomic mass is 9.82. The third-order valence-corrected chi connectivity index (χ3v) is 7.42. The second-order valence-electron chi connectivity index (χ2n) is 11.5. The number of hydrogen-bond acceptors (Lipinski definition) is 2. The molecular weight excluding hydrogens is 424 g/mol. The van der Waals surface area contributed by atoms with Gasteiger partial charge in [0, 0.05) is 17.3 Å². The Morgan fingerprint density at radius 1 is 0.759 bits per heavy atom. The first kappa shape index (κ1) is 26.9. The van der Waals surface area contributed by atoms with Gasteiger partial charge in [0.15, 0.2) is 5.78 Å². The zero-order chi connectivity index (χ0) is 22.1. The summed E-state index contributed by atoms with van der Waals surface area (Å²) in [5, 5.41) is 0. The van der Waals surface area contributed by atoms with Gasteiger partial charge in [0.2, 0.25) is 0 Å². The van der Waals surface area contributed by atoms with E-state index in [-0.39, 0.29) is 15.7 Å². The topological polar surface area (TPSA) is 34.1 Å². The molecule has 0 saturated heterocycles. The molecule has 2 fully saturated rings. The minimum absolute atomic E-state index is 0.0700. The van der Waals surface area contributed by atoms with Crippen molar-refractivity contribution in [3.05, 3.63) is 0 Å². The molecule has 2 rings (SSSR count). The van der Waals surface area contributed by atoms with Gasteiger partial charge in [-0.2, -0.15) is 0 Å². The molecule has 2 saturated carbocycles. The van der Waals surface area contributed by atoms with Gasteiger partial charge in [-0.05, 0) is 24.7 Å². The van der Waals surface area contributed by atoms with Crippen LogP contribution in [0.4, 0.5) is 0 Å². The van der Waals surface area contributed by atoms with Crippen LogP contribution in [0.1, 0.15) is 125 Å². The summed E-state index contributed by atoms with van der Waals surface area (Å²) in [4.78, 5) is 23.8. The summed E-state index contributed by atoms with van der Waals surface area (Å²) in [6.07, 6.45) is 16.6. The number of Topliss-reactive ketones (excluding diaryl/α,β-unsaturated/α-hetero) is 2. The lowest BCUT2D eigenvalue weighted by molar-refractivity contribution is -0.127. The van der Waals surface area contributed by atoms with E-state index in [0.717, 1.165) is 31.1 Å². The molecule has 2 nitrogen and oxygen atoms in total. The van der Waals surface area contributed by atoms with Crippen LogP contribution in [0.15, 0.2) is 0 Å². The molecular formula is C26H47BrO2. The molecule has 3 heteroatoms. The van der Waals surface area contributed by atoms with Crippen LogP contribution in [0, 0.1) is 22.7 Å². The van der Waals surface area contributed by atoms with Crippen molar-refractivity contribution in [1.82, 2.24) is 0 Å². The summed E-state index contributed by atoms with van der Waals surface area (Å²) in [6, 6.07) is 0. The number of alkyl halides is 1. The van der Waals surface area contributed by atoms with E-state index in [2.05, 4.69) is 15.9 Å². The number of carbonyl (C=O) groups is 2. The van der Waals surface area contributed by atoms with Crippen molar-refractivity contribution >= 4 is 27.5 Å². The first-order valence-corrected chi connectivity index (χ1v) is 13.0. The van der Waals surface area contributed by atoms with Gasteiger partial charge in [-0.15, -0.1) is 0 Å². The SMILES string of the molecule is CC(C)(C)C(=O)C(Br)CC1CCCCC1.CC(C)(C)C(=O)CCC1CCCCC1. The fourth-order valence-corrected chi connectivity index (χ4v) is 5.69. The number of hydrogen-bond donors (Lipinski definition) is 0. The molecule has 2 aliphatic carbocycles. The lowest BCUT2D eigenvalue weighted by Crippen LogP contribution is -2.30. The Morgan fingerprint density at radius 3 is 1.62 bits per heavy atom. The molecule has 2 aliphatic rings. The summed E-state index contributed by atoms with van der Waals surface area (Å²) in [7, 11) is 0. The monoisotopic (exact) mass is 470 g/mol. The van der Waals surface area contributed by atoms with E-state index in [9.17, 15) is 9.59 Å². The molecule has 0 aromatic heterocycles. The van der Waals surface area contributed by atoms with Gasteiger partial charge in [-0.3, -0.25) is 9.59 Å². The third-order valence-electron chi connectivity index (χ3n) is 6.63. The van der Waals surface area contributed by atoms with Gasteiger partial charge >= 0.3 is 0 Å². The van der Waals surface area contributed by atoms with Crippen molar-refractivity contribution in [2.75, 3.05) is 0 Å². The molecule has 0 aliphatic heterocycles.